The van der Waals surface area contributed by atoms with Crippen LogP contribution in [0.15, 0.2) is 12.1 Å². The minimum absolute atomic E-state index is 0.182. The maximum atomic E-state index is 12.0. The molecule has 98 valence electrons. The summed E-state index contributed by atoms with van der Waals surface area (Å²) in [5.41, 5.74) is 3.12. The molecule has 18 heavy (non-hydrogen) atoms. The van der Waals surface area contributed by atoms with Gasteiger partial charge in [-0.2, -0.15) is 0 Å². The molecule has 1 heterocycles. The molecule has 1 amide bonds. The predicted octanol–water partition coefficient (Wildman–Crippen LogP) is 1.64. The first-order valence-corrected chi connectivity index (χ1v) is 6.19. The number of hydrogen-bond donors (Lipinski definition) is 1. The van der Waals surface area contributed by atoms with Crippen LogP contribution in [0.4, 0.5) is 5.69 Å². The van der Waals surface area contributed by atoms with Crippen molar-refractivity contribution in [2.75, 3.05) is 25.6 Å². The van der Waals surface area contributed by atoms with E-state index >= 15 is 0 Å². The highest BCUT2D eigenvalue weighted by Crippen LogP contribution is 2.31. The SMILES string of the molecule is CNC1CC(=O)N(c2cc(C)c(OC)cc2C)C1. The lowest BCUT2D eigenvalue weighted by Crippen LogP contribution is -2.30. The van der Waals surface area contributed by atoms with Gasteiger partial charge in [0.1, 0.15) is 5.75 Å². The number of methoxy groups -OCH3 is 1. The third-order valence-electron chi connectivity index (χ3n) is 3.54. The van der Waals surface area contributed by atoms with Crippen molar-refractivity contribution < 1.29 is 9.53 Å². The Morgan fingerprint density at radius 1 is 1.33 bits per heavy atom. The second-order valence-electron chi connectivity index (χ2n) is 4.80. The van der Waals surface area contributed by atoms with Gasteiger partial charge in [-0.1, -0.05) is 0 Å². The molecule has 1 atom stereocenters. The van der Waals surface area contributed by atoms with Gasteiger partial charge in [-0.25, -0.2) is 0 Å². The van der Waals surface area contributed by atoms with E-state index in [4.69, 9.17) is 4.74 Å². The molecule has 0 bridgehead atoms. The molecular weight excluding hydrogens is 228 g/mol. The van der Waals surface area contributed by atoms with E-state index in [0.29, 0.717) is 6.42 Å². The molecule has 1 unspecified atom stereocenters. The molecule has 0 aliphatic carbocycles. The number of carbonyl (C=O) groups excluding carboxylic acids is 1. The van der Waals surface area contributed by atoms with E-state index in [1.54, 1.807) is 7.11 Å². The van der Waals surface area contributed by atoms with Gasteiger partial charge in [-0.05, 0) is 44.2 Å². The molecule has 2 rings (SSSR count). The van der Waals surface area contributed by atoms with Crippen molar-refractivity contribution in [1.29, 1.82) is 0 Å². The highest BCUT2D eigenvalue weighted by atomic mass is 16.5. The zero-order valence-corrected chi connectivity index (χ0v) is 11.4. The summed E-state index contributed by atoms with van der Waals surface area (Å²) in [7, 11) is 3.56. The first-order chi connectivity index (χ1) is 8.56. The largest absolute Gasteiger partial charge is 0.496 e. The Bertz CT molecular complexity index is 471. The normalized spacial score (nSPS) is 19.4. The van der Waals surface area contributed by atoms with Crippen LogP contribution in [0.3, 0.4) is 0 Å². The second-order valence-corrected chi connectivity index (χ2v) is 4.80. The van der Waals surface area contributed by atoms with Crippen LogP contribution in [-0.2, 0) is 4.79 Å². The maximum Gasteiger partial charge on any atom is 0.228 e. The number of amides is 1. The Balaban J connectivity index is 2.34. The van der Waals surface area contributed by atoms with Gasteiger partial charge in [0.05, 0.1) is 7.11 Å². The lowest BCUT2D eigenvalue weighted by Gasteiger charge is -2.21. The zero-order valence-electron chi connectivity index (χ0n) is 11.4. The quantitative estimate of drug-likeness (QED) is 0.884. The molecule has 0 radical (unpaired) electrons. The van der Waals surface area contributed by atoms with Gasteiger partial charge in [-0.3, -0.25) is 4.79 Å². The molecule has 1 aliphatic heterocycles. The van der Waals surface area contributed by atoms with E-state index in [-0.39, 0.29) is 11.9 Å². The first kappa shape index (κ1) is 12.9. The van der Waals surface area contributed by atoms with Crippen LogP contribution in [0.1, 0.15) is 17.5 Å². The fourth-order valence-corrected chi connectivity index (χ4v) is 2.42. The van der Waals surface area contributed by atoms with Crippen LogP contribution in [0.25, 0.3) is 0 Å². The number of benzene rings is 1. The van der Waals surface area contributed by atoms with Crippen LogP contribution in [0, 0.1) is 13.8 Å². The van der Waals surface area contributed by atoms with E-state index in [2.05, 4.69) is 5.32 Å². The smallest absolute Gasteiger partial charge is 0.228 e. The minimum atomic E-state index is 0.182. The highest BCUT2D eigenvalue weighted by Gasteiger charge is 2.30. The molecule has 1 fully saturated rings. The molecule has 0 spiro atoms. The fourth-order valence-electron chi connectivity index (χ4n) is 2.42. The van der Waals surface area contributed by atoms with E-state index in [1.165, 1.54) is 0 Å². The molecule has 1 saturated heterocycles. The van der Waals surface area contributed by atoms with Crippen molar-refractivity contribution in [3.8, 4) is 5.75 Å². The van der Waals surface area contributed by atoms with Crippen LogP contribution >= 0.6 is 0 Å². The fraction of sp³-hybridized carbons (Fsp3) is 0.500. The molecule has 4 heteroatoms. The molecule has 1 N–H and O–H groups in total. The lowest BCUT2D eigenvalue weighted by molar-refractivity contribution is -0.117. The Morgan fingerprint density at radius 3 is 2.61 bits per heavy atom. The summed E-state index contributed by atoms with van der Waals surface area (Å²) in [6.07, 6.45) is 0.570. The molecule has 4 nitrogen and oxygen atoms in total. The predicted molar refractivity (Wildman–Crippen MR) is 72.3 cm³/mol. The minimum Gasteiger partial charge on any atom is -0.496 e. The molecule has 0 aromatic heterocycles. The summed E-state index contributed by atoms with van der Waals surface area (Å²) in [5.74, 6) is 1.05. The third kappa shape index (κ3) is 2.20. The van der Waals surface area contributed by atoms with Crippen molar-refractivity contribution in [3.63, 3.8) is 0 Å². The van der Waals surface area contributed by atoms with Crippen molar-refractivity contribution in [2.45, 2.75) is 26.3 Å². The number of aryl methyl sites for hydroxylation is 2. The van der Waals surface area contributed by atoms with Crippen molar-refractivity contribution in [3.05, 3.63) is 23.3 Å². The number of hydrogen-bond acceptors (Lipinski definition) is 3. The van der Waals surface area contributed by atoms with Gasteiger partial charge >= 0.3 is 0 Å². The van der Waals surface area contributed by atoms with Crippen LogP contribution < -0.4 is 15.0 Å². The standard InChI is InChI=1S/C14H20N2O2/c1-9-6-13(18-4)10(2)5-12(9)16-8-11(15-3)7-14(16)17/h5-6,11,15H,7-8H2,1-4H3. The lowest BCUT2D eigenvalue weighted by atomic mass is 10.1. The summed E-state index contributed by atoms with van der Waals surface area (Å²) < 4.78 is 5.30. The van der Waals surface area contributed by atoms with E-state index < -0.39 is 0 Å². The number of carbonyl (C=O) groups is 1. The van der Waals surface area contributed by atoms with E-state index in [9.17, 15) is 4.79 Å². The highest BCUT2D eigenvalue weighted by molar-refractivity contribution is 5.97. The Kier molecular flexibility index (Phi) is 3.57. The zero-order chi connectivity index (χ0) is 13.3. The number of likely N-dealkylation sites (N-methyl/N-ethyl adjacent to an activating group) is 1. The van der Waals surface area contributed by atoms with Crippen LogP contribution in [-0.4, -0.2) is 32.7 Å². The van der Waals surface area contributed by atoms with Crippen molar-refractivity contribution in [1.82, 2.24) is 5.32 Å². The van der Waals surface area contributed by atoms with Crippen LogP contribution in [0.2, 0.25) is 0 Å². The second kappa shape index (κ2) is 4.98. The summed E-state index contributed by atoms with van der Waals surface area (Å²) in [5, 5.41) is 3.16. The number of rotatable bonds is 3. The van der Waals surface area contributed by atoms with Crippen molar-refractivity contribution >= 4 is 11.6 Å². The van der Waals surface area contributed by atoms with Gasteiger partial charge in [0.2, 0.25) is 5.91 Å². The van der Waals surface area contributed by atoms with E-state index in [0.717, 1.165) is 29.1 Å². The Hall–Kier alpha value is -1.55. The van der Waals surface area contributed by atoms with Gasteiger partial charge in [-0.15, -0.1) is 0 Å². The van der Waals surface area contributed by atoms with Gasteiger partial charge in [0.25, 0.3) is 0 Å². The molecule has 1 aromatic rings. The topological polar surface area (TPSA) is 41.6 Å². The average Bonchev–Trinajstić information content (AvgIpc) is 2.73. The number of ether oxygens (including phenoxy) is 1. The summed E-state index contributed by atoms with van der Waals surface area (Å²) in [6.45, 7) is 4.75. The Morgan fingerprint density at radius 2 is 2.06 bits per heavy atom. The molecule has 1 aromatic carbocycles. The summed E-state index contributed by atoms with van der Waals surface area (Å²) in [6, 6.07) is 4.27. The summed E-state index contributed by atoms with van der Waals surface area (Å²) in [4.78, 5) is 13.9. The molecule has 1 aliphatic rings. The first-order valence-electron chi connectivity index (χ1n) is 6.19. The summed E-state index contributed by atoms with van der Waals surface area (Å²) >= 11 is 0. The Labute approximate surface area is 108 Å². The number of nitrogens with one attached hydrogen (secondary N) is 1. The number of nitrogens with zero attached hydrogens (tertiary/aromatic N) is 1. The molecular formula is C14H20N2O2. The van der Waals surface area contributed by atoms with E-state index in [1.807, 2.05) is 37.9 Å². The van der Waals surface area contributed by atoms with Crippen molar-refractivity contribution in [2.24, 2.45) is 0 Å². The van der Waals surface area contributed by atoms with Gasteiger partial charge in [0, 0.05) is 24.7 Å². The monoisotopic (exact) mass is 248 g/mol. The molecule has 0 saturated carbocycles. The van der Waals surface area contributed by atoms with Gasteiger partial charge in [0.15, 0.2) is 0 Å². The van der Waals surface area contributed by atoms with Gasteiger partial charge < -0.3 is 15.0 Å². The third-order valence-corrected chi connectivity index (χ3v) is 3.54. The number of anilines is 1. The van der Waals surface area contributed by atoms with Crippen LogP contribution in [0.5, 0.6) is 5.75 Å². The average molecular weight is 248 g/mol. The maximum absolute atomic E-state index is 12.0.